The molecule has 2 aliphatic heterocycles. The Hall–Kier alpha value is -1.62. The minimum absolute atomic E-state index is 0.452. The SMILES string of the molecule is Cc1ccnc2c1nc(N)n2C1CCN2CCCC2C1. The molecule has 4 heterocycles. The van der Waals surface area contributed by atoms with Crippen LogP contribution in [-0.2, 0) is 0 Å². The van der Waals surface area contributed by atoms with Gasteiger partial charge in [0.25, 0.3) is 0 Å². The Labute approximate surface area is 118 Å². The second kappa shape index (κ2) is 4.45. The summed E-state index contributed by atoms with van der Waals surface area (Å²) in [6, 6.07) is 3.18. The van der Waals surface area contributed by atoms with Gasteiger partial charge >= 0.3 is 0 Å². The van der Waals surface area contributed by atoms with Crippen LogP contribution in [0.1, 0.15) is 37.3 Å². The maximum Gasteiger partial charge on any atom is 0.202 e. The summed E-state index contributed by atoms with van der Waals surface area (Å²) in [5, 5.41) is 0. The molecule has 2 aromatic rings. The molecule has 0 saturated carbocycles. The Bertz CT molecular complexity index is 647. The Balaban J connectivity index is 1.75. The third kappa shape index (κ3) is 1.73. The average molecular weight is 271 g/mol. The van der Waals surface area contributed by atoms with Crippen molar-refractivity contribution in [1.29, 1.82) is 0 Å². The van der Waals surface area contributed by atoms with Gasteiger partial charge in [-0.15, -0.1) is 0 Å². The number of aryl methyl sites for hydroxylation is 1. The maximum atomic E-state index is 6.19. The van der Waals surface area contributed by atoms with Crippen LogP contribution in [0.5, 0.6) is 0 Å². The van der Waals surface area contributed by atoms with Crippen molar-refractivity contribution in [2.75, 3.05) is 18.8 Å². The average Bonchev–Trinajstić information content (AvgIpc) is 3.02. The van der Waals surface area contributed by atoms with Gasteiger partial charge in [0.2, 0.25) is 5.95 Å². The van der Waals surface area contributed by atoms with Crippen molar-refractivity contribution in [1.82, 2.24) is 19.4 Å². The third-order valence-corrected chi connectivity index (χ3v) is 4.97. The minimum atomic E-state index is 0.452. The van der Waals surface area contributed by atoms with Crippen LogP contribution in [0.25, 0.3) is 11.2 Å². The summed E-state index contributed by atoms with van der Waals surface area (Å²) in [6.45, 7) is 4.52. The number of nitrogens with zero attached hydrogens (tertiary/aromatic N) is 4. The van der Waals surface area contributed by atoms with Crippen LogP contribution < -0.4 is 5.73 Å². The number of rotatable bonds is 1. The van der Waals surface area contributed by atoms with Gasteiger partial charge in [-0.3, -0.25) is 4.57 Å². The fraction of sp³-hybridized carbons (Fsp3) is 0.600. The lowest BCUT2D eigenvalue weighted by atomic mass is 9.97. The Morgan fingerprint density at radius 1 is 1.25 bits per heavy atom. The van der Waals surface area contributed by atoms with E-state index in [2.05, 4.69) is 26.4 Å². The number of anilines is 1. The summed E-state index contributed by atoms with van der Waals surface area (Å²) >= 11 is 0. The van der Waals surface area contributed by atoms with Crippen molar-refractivity contribution in [3.63, 3.8) is 0 Å². The van der Waals surface area contributed by atoms with Crippen LogP contribution in [0.3, 0.4) is 0 Å². The molecule has 0 aliphatic carbocycles. The number of fused-ring (bicyclic) bond motifs is 2. The number of hydrogen-bond donors (Lipinski definition) is 1. The highest BCUT2D eigenvalue weighted by Crippen LogP contribution is 2.36. The van der Waals surface area contributed by atoms with Crippen molar-refractivity contribution in [3.05, 3.63) is 17.8 Å². The molecule has 0 spiro atoms. The second-order valence-electron chi connectivity index (χ2n) is 6.15. The molecule has 0 aromatic carbocycles. The molecule has 0 amide bonds. The molecular formula is C15H21N5. The van der Waals surface area contributed by atoms with E-state index in [4.69, 9.17) is 5.73 Å². The molecule has 2 aliphatic rings. The molecule has 5 heteroatoms. The summed E-state index contributed by atoms with van der Waals surface area (Å²) in [4.78, 5) is 11.7. The lowest BCUT2D eigenvalue weighted by Gasteiger charge is -2.35. The van der Waals surface area contributed by atoms with E-state index in [1.165, 1.54) is 32.4 Å². The molecule has 2 fully saturated rings. The van der Waals surface area contributed by atoms with Gasteiger partial charge in [0, 0.05) is 24.8 Å². The second-order valence-corrected chi connectivity index (χ2v) is 6.15. The van der Waals surface area contributed by atoms with Gasteiger partial charge < -0.3 is 10.6 Å². The number of nitrogens with two attached hydrogens (primary N) is 1. The normalized spacial score (nSPS) is 27.1. The van der Waals surface area contributed by atoms with Crippen molar-refractivity contribution < 1.29 is 0 Å². The number of piperidine rings is 1. The topological polar surface area (TPSA) is 60.0 Å². The lowest BCUT2D eigenvalue weighted by Crippen LogP contribution is -2.38. The Morgan fingerprint density at radius 3 is 3.05 bits per heavy atom. The third-order valence-electron chi connectivity index (χ3n) is 4.97. The predicted octanol–water partition coefficient (Wildman–Crippen LogP) is 2.12. The highest BCUT2D eigenvalue weighted by Gasteiger charge is 2.33. The molecule has 2 atom stereocenters. The molecule has 5 nitrogen and oxygen atoms in total. The largest absolute Gasteiger partial charge is 0.369 e. The smallest absolute Gasteiger partial charge is 0.202 e. The van der Waals surface area contributed by atoms with Gasteiger partial charge in [0.05, 0.1) is 0 Å². The van der Waals surface area contributed by atoms with Crippen LogP contribution in [-0.4, -0.2) is 38.6 Å². The number of imidazole rings is 1. The number of pyridine rings is 1. The van der Waals surface area contributed by atoms with Gasteiger partial charge in [0.15, 0.2) is 5.65 Å². The van der Waals surface area contributed by atoms with Gasteiger partial charge in [-0.2, -0.15) is 0 Å². The van der Waals surface area contributed by atoms with Gasteiger partial charge in [0.1, 0.15) is 5.52 Å². The van der Waals surface area contributed by atoms with Gasteiger partial charge in [-0.05, 0) is 50.8 Å². The zero-order valence-corrected chi connectivity index (χ0v) is 11.9. The molecule has 2 saturated heterocycles. The van der Waals surface area contributed by atoms with E-state index in [0.29, 0.717) is 12.0 Å². The fourth-order valence-electron chi connectivity index (χ4n) is 3.93. The molecule has 4 rings (SSSR count). The highest BCUT2D eigenvalue weighted by molar-refractivity contribution is 5.77. The van der Waals surface area contributed by atoms with Gasteiger partial charge in [-0.25, -0.2) is 9.97 Å². The van der Waals surface area contributed by atoms with Crippen LogP contribution in [0.15, 0.2) is 12.3 Å². The molecule has 20 heavy (non-hydrogen) atoms. The van der Waals surface area contributed by atoms with Crippen LogP contribution in [0.4, 0.5) is 5.95 Å². The molecular weight excluding hydrogens is 250 g/mol. The summed E-state index contributed by atoms with van der Waals surface area (Å²) in [7, 11) is 0. The van der Waals surface area contributed by atoms with E-state index in [1.54, 1.807) is 0 Å². The summed E-state index contributed by atoms with van der Waals surface area (Å²) in [5.74, 6) is 0.623. The molecule has 2 N–H and O–H groups in total. The zero-order valence-electron chi connectivity index (χ0n) is 11.9. The van der Waals surface area contributed by atoms with Crippen LogP contribution in [0.2, 0.25) is 0 Å². The predicted molar refractivity (Wildman–Crippen MR) is 79.5 cm³/mol. The number of aromatic nitrogens is 3. The lowest BCUT2D eigenvalue weighted by molar-refractivity contribution is 0.158. The maximum absolute atomic E-state index is 6.19. The monoisotopic (exact) mass is 271 g/mol. The molecule has 2 aromatic heterocycles. The first-order valence-corrected chi connectivity index (χ1v) is 7.57. The summed E-state index contributed by atoms with van der Waals surface area (Å²) < 4.78 is 2.18. The van der Waals surface area contributed by atoms with E-state index >= 15 is 0 Å². The fourth-order valence-corrected chi connectivity index (χ4v) is 3.93. The minimum Gasteiger partial charge on any atom is -0.369 e. The standard InChI is InChI=1S/C15H21N5/c1-10-4-6-17-14-13(10)18-15(16)20(14)12-5-8-19-7-2-3-11(19)9-12/h4,6,11-12H,2-3,5,7-9H2,1H3,(H2,16,18). The number of hydrogen-bond acceptors (Lipinski definition) is 4. The van der Waals surface area contributed by atoms with E-state index < -0.39 is 0 Å². The first-order chi connectivity index (χ1) is 9.74. The Kier molecular flexibility index (Phi) is 2.70. The van der Waals surface area contributed by atoms with E-state index in [9.17, 15) is 0 Å². The molecule has 0 bridgehead atoms. The van der Waals surface area contributed by atoms with Crippen LogP contribution >= 0.6 is 0 Å². The van der Waals surface area contributed by atoms with Crippen molar-refractivity contribution in [2.24, 2.45) is 0 Å². The quantitative estimate of drug-likeness (QED) is 0.863. The van der Waals surface area contributed by atoms with Crippen LogP contribution in [0, 0.1) is 6.92 Å². The van der Waals surface area contributed by atoms with Gasteiger partial charge in [-0.1, -0.05) is 0 Å². The molecule has 0 radical (unpaired) electrons. The summed E-state index contributed by atoms with van der Waals surface area (Å²) in [6.07, 6.45) is 6.87. The number of nitrogen functional groups attached to an aromatic ring is 1. The first kappa shape index (κ1) is 12.1. The van der Waals surface area contributed by atoms with E-state index in [1.807, 2.05) is 12.3 Å². The zero-order chi connectivity index (χ0) is 13.7. The first-order valence-electron chi connectivity index (χ1n) is 7.57. The molecule has 106 valence electrons. The van der Waals surface area contributed by atoms with Crippen molar-refractivity contribution in [2.45, 2.75) is 44.7 Å². The Morgan fingerprint density at radius 2 is 2.15 bits per heavy atom. The highest BCUT2D eigenvalue weighted by atomic mass is 15.2. The van der Waals surface area contributed by atoms with Crippen molar-refractivity contribution >= 4 is 17.1 Å². The van der Waals surface area contributed by atoms with Crippen molar-refractivity contribution in [3.8, 4) is 0 Å². The van der Waals surface area contributed by atoms with E-state index in [-0.39, 0.29) is 0 Å². The molecule has 2 unspecified atom stereocenters. The summed E-state index contributed by atoms with van der Waals surface area (Å²) in [5.41, 5.74) is 9.25. The van der Waals surface area contributed by atoms with E-state index in [0.717, 1.165) is 29.2 Å².